The standard InChI is InChI=1S/C22H17N5O4/c1-3-31-16-9-7-13(8-10-16)19-24-17(12-23)18-20(26-19)27(22(29)25-18)15-6-4-5-14(11-15)21(28)30-2/h4-11H,3H2,1-2H3,(H,25,29)/i12+0. The summed E-state index contributed by atoms with van der Waals surface area (Å²) >= 11 is 0. The van der Waals surface area contributed by atoms with E-state index in [1.807, 2.05) is 13.0 Å². The number of benzene rings is 2. The molecular formula is C22H17N5O4. The van der Waals surface area contributed by atoms with Gasteiger partial charge in [0.25, 0.3) is 0 Å². The second-order valence-electron chi connectivity index (χ2n) is 6.47. The number of carbonyl (C=O) groups excluding carboxylic acids is 1. The number of H-pyrrole nitrogens is 1. The van der Waals surface area contributed by atoms with Crippen LogP contribution in [0.25, 0.3) is 28.2 Å². The van der Waals surface area contributed by atoms with Crippen LogP contribution in [0.1, 0.15) is 23.0 Å². The number of fused-ring (bicyclic) bond motifs is 1. The number of nitrogens with one attached hydrogen (secondary N) is 1. The zero-order valence-corrected chi connectivity index (χ0v) is 16.7. The molecule has 0 aliphatic rings. The first-order valence-corrected chi connectivity index (χ1v) is 9.40. The van der Waals surface area contributed by atoms with Crippen molar-refractivity contribution in [2.75, 3.05) is 13.7 Å². The number of nitrogens with zero attached hydrogens (tertiary/aromatic N) is 4. The lowest BCUT2D eigenvalue weighted by Gasteiger charge is -2.07. The highest BCUT2D eigenvalue weighted by Gasteiger charge is 2.18. The first kappa shape index (κ1) is 19.8. The third-order valence-electron chi connectivity index (χ3n) is 4.59. The fraction of sp³-hybridized carbons (Fsp3) is 0.136. The quantitative estimate of drug-likeness (QED) is 0.497. The van der Waals surface area contributed by atoms with E-state index in [2.05, 4.69) is 15.0 Å². The molecule has 0 saturated heterocycles. The highest BCUT2D eigenvalue weighted by molar-refractivity contribution is 5.90. The lowest BCUT2D eigenvalue weighted by Crippen LogP contribution is -2.15. The van der Waals surface area contributed by atoms with Gasteiger partial charge in [0.2, 0.25) is 0 Å². The lowest BCUT2D eigenvalue weighted by molar-refractivity contribution is 0.0600. The summed E-state index contributed by atoms with van der Waals surface area (Å²) in [7, 11) is 1.28. The van der Waals surface area contributed by atoms with Crippen molar-refractivity contribution in [3.8, 4) is 28.9 Å². The van der Waals surface area contributed by atoms with Crippen LogP contribution in [0.3, 0.4) is 0 Å². The average Bonchev–Trinajstić information content (AvgIpc) is 3.14. The molecule has 0 bridgehead atoms. The van der Waals surface area contributed by atoms with Crippen LogP contribution in [-0.2, 0) is 4.74 Å². The number of aromatic amines is 1. The summed E-state index contributed by atoms with van der Waals surface area (Å²) in [5.74, 6) is 0.451. The van der Waals surface area contributed by atoms with Crippen molar-refractivity contribution in [1.82, 2.24) is 19.5 Å². The van der Waals surface area contributed by atoms with Crippen molar-refractivity contribution >= 4 is 17.1 Å². The van der Waals surface area contributed by atoms with E-state index in [0.29, 0.717) is 23.6 Å². The van der Waals surface area contributed by atoms with E-state index in [0.717, 1.165) is 0 Å². The van der Waals surface area contributed by atoms with Crippen LogP contribution in [0.4, 0.5) is 0 Å². The van der Waals surface area contributed by atoms with Crippen LogP contribution in [0.2, 0.25) is 0 Å². The van der Waals surface area contributed by atoms with E-state index in [9.17, 15) is 14.9 Å². The minimum absolute atomic E-state index is 0.0360. The number of hydrogen-bond donors (Lipinski definition) is 1. The number of nitriles is 1. The molecule has 1 N–H and O–H groups in total. The van der Waals surface area contributed by atoms with Gasteiger partial charge in [-0.2, -0.15) is 5.26 Å². The molecule has 0 atom stereocenters. The van der Waals surface area contributed by atoms with Gasteiger partial charge in [-0.15, -0.1) is 0 Å². The molecule has 2 aromatic heterocycles. The predicted octanol–water partition coefficient (Wildman–Crippen LogP) is 2.83. The first-order chi connectivity index (χ1) is 15.0. The van der Waals surface area contributed by atoms with Crippen LogP contribution in [0.5, 0.6) is 5.75 Å². The molecule has 9 heteroatoms. The molecule has 0 aliphatic carbocycles. The molecule has 2 aromatic carbocycles. The topological polar surface area (TPSA) is 123 Å². The number of hydrogen-bond acceptors (Lipinski definition) is 7. The fourth-order valence-corrected chi connectivity index (χ4v) is 3.19. The fourth-order valence-electron chi connectivity index (χ4n) is 3.19. The smallest absolute Gasteiger partial charge is 0.337 e. The largest absolute Gasteiger partial charge is 0.494 e. The second kappa shape index (κ2) is 8.12. The highest BCUT2D eigenvalue weighted by atomic mass is 16.5. The number of esters is 1. The van der Waals surface area contributed by atoms with Crippen molar-refractivity contribution in [2.45, 2.75) is 6.92 Å². The lowest BCUT2D eigenvalue weighted by atomic mass is 10.2. The monoisotopic (exact) mass is 415 g/mol. The predicted molar refractivity (Wildman–Crippen MR) is 112 cm³/mol. The van der Waals surface area contributed by atoms with Crippen molar-refractivity contribution in [3.63, 3.8) is 0 Å². The van der Waals surface area contributed by atoms with Crippen molar-refractivity contribution < 1.29 is 14.3 Å². The summed E-state index contributed by atoms with van der Waals surface area (Å²) in [6.45, 7) is 2.44. The maximum absolute atomic E-state index is 12.7. The van der Waals surface area contributed by atoms with E-state index in [1.54, 1.807) is 42.5 Å². The van der Waals surface area contributed by atoms with Crippen molar-refractivity contribution in [1.29, 1.82) is 5.26 Å². The van der Waals surface area contributed by atoms with Crippen LogP contribution >= 0.6 is 0 Å². The molecule has 0 aliphatic heterocycles. The first-order valence-electron chi connectivity index (χ1n) is 9.40. The summed E-state index contributed by atoms with van der Waals surface area (Å²) in [6, 6.07) is 15.5. The molecule has 4 rings (SSSR count). The summed E-state index contributed by atoms with van der Waals surface area (Å²) in [6.07, 6.45) is 0. The third kappa shape index (κ3) is 3.62. The Labute approximate surface area is 176 Å². The van der Waals surface area contributed by atoms with E-state index < -0.39 is 11.7 Å². The Balaban J connectivity index is 1.91. The van der Waals surface area contributed by atoms with Crippen molar-refractivity contribution in [3.05, 3.63) is 70.3 Å². The Morgan fingerprint density at radius 2 is 1.97 bits per heavy atom. The van der Waals surface area contributed by atoms with Crippen LogP contribution in [0.15, 0.2) is 53.3 Å². The van der Waals surface area contributed by atoms with Gasteiger partial charge < -0.3 is 14.5 Å². The Hall–Kier alpha value is -4.45. The molecule has 0 unspecified atom stereocenters. The molecule has 2 heterocycles. The summed E-state index contributed by atoms with van der Waals surface area (Å²) in [4.78, 5) is 36.1. The zero-order chi connectivity index (χ0) is 22.0. The van der Waals surface area contributed by atoms with E-state index in [4.69, 9.17) is 9.47 Å². The van der Waals surface area contributed by atoms with Gasteiger partial charge in [0.15, 0.2) is 17.2 Å². The third-order valence-corrected chi connectivity index (χ3v) is 4.59. The Bertz CT molecular complexity index is 1380. The van der Waals surface area contributed by atoms with Crippen LogP contribution in [-0.4, -0.2) is 39.2 Å². The average molecular weight is 415 g/mol. The molecule has 31 heavy (non-hydrogen) atoms. The molecule has 154 valence electrons. The van der Waals surface area contributed by atoms with Gasteiger partial charge in [0.1, 0.15) is 17.3 Å². The number of ether oxygens (including phenoxy) is 2. The second-order valence-corrected chi connectivity index (χ2v) is 6.47. The van der Waals surface area contributed by atoms with E-state index in [-0.39, 0.29) is 28.2 Å². The van der Waals surface area contributed by atoms with Gasteiger partial charge in [-0.25, -0.2) is 24.1 Å². The van der Waals surface area contributed by atoms with E-state index >= 15 is 0 Å². The summed E-state index contributed by atoms with van der Waals surface area (Å²) in [5.41, 5.74) is 1.31. The minimum atomic E-state index is -0.530. The number of rotatable bonds is 5. The van der Waals surface area contributed by atoms with E-state index in [1.165, 1.54) is 17.7 Å². The highest BCUT2D eigenvalue weighted by Crippen LogP contribution is 2.24. The van der Waals surface area contributed by atoms with Gasteiger partial charge >= 0.3 is 11.7 Å². The molecule has 0 radical (unpaired) electrons. The Morgan fingerprint density at radius 1 is 1.19 bits per heavy atom. The molecular weight excluding hydrogens is 398 g/mol. The summed E-state index contributed by atoms with van der Waals surface area (Å²) in [5, 5.41) is 9.59. The molecule has 0 amide bonds. The number of methoxy groups -OCH3 is 1. The molecule has 4 aromatic rings. The molecule has 0 fully saturated rings. The number of imidazole rings is 1. The number of carbonyl (C=O) groups is 1. The van der Waals surface area contributed by atoms with Gasteiger partial charge in [-0.1, -0.05) is 6.07 Å². The normalized spacial score (nSPS) is 10.6. The van der Waals surface area contributed by atoms with Crippen LogP contribution in [0, 0.1) is 11.3 Å². The SMILES string of the molecule is CCOc1ccc(-c2nc([12C]#N)c3[nH]c(=O)n(-c4cccc(C(=O)OC)c4)c3n2)cc1. The Kier molecular flexibility index (Phi) is 5.20. The van der Waals surface area contributed by atoms with Gasteiger partial charge in [0, 0.05) is 5.56 Å². The van der Waals surface area contributed by atoms with Gasteiger partial charge in [0.05, 0.1) is 25.0 Å². The van der Waals surface area contributed by atoms with Gasteiger partial charge in [-0.3, -0.25) is 0 Å². The number of aromatic nitrogens is 4. The maximum atomic E-state index is 12.7. The summed E-state index contributed by atoms with van der Waals surface area (Å²) < 4.78 is 11.5. The maximum Gasteiger partial charge on any atom is 0.337 e. The zero-order valence-electron chi connectivity index (χ0n) is 16.7. The van der Waals surface area contributed by atoms with Crippen molar-refractivity contribution in [2.24, 2.45) is 0 Å². The molecule has 9 nitrogen and oxygen atoms in total. The van der Waals surface area contributed by atoms with Crippen LogP contribution < -0.4 is 10.4 Å². The minimum Gasteiger partial charge on any atom is -0.494 e. The molecule has 0 spiro atoms. The Morgan fingerprint density at radius 3 is 2.65 bits per heavy atom. The van der Waals surface area contributed by atoms with Gasteiger partial charge in [-0.05, 0) is 49.4 Å². The molecule has 0 saturated carbocycles.